The fourth-order valence-electron chi connectivity index (χ4n) is 3.55. The fourth-order valence-corrected chi connectivity index (χ4v) is 3.72. The van der Waals surface area contributed by atoms with Gasteiger partial charge in [-0.1, -0.05) is 17.7 Å². The number of nitrogens with zero attached hydrogens (tertiary/aromatic N) is 1. The van der Waals surface area contributed by atoms with Gasteiger partial charge in [0.25, 0.3) is 5.91 Å². The first kappa shape index (κ1) is 26.5. The van der Waals surface area contributed by atoms with E-state index in [1.165, 1.54) is 12.1 Å². The first-order valence-corrected chi connectivity index (χ1v) is 10.2. The Morgan fingerprint density at radius 2 is 1.81 bits per heavy atom. The highest BCUT2D eigenvalue weighted by atomic mass is 35.5. The molecule has 10 nitrogen and oxygen atoms in total. The van der Waals surface area contributed by atoms with Crippen LogP contribution in [0, 0.1) is 0 Å². The predicted molar refractivity (Wildman–Crippen MR) is 114 cm³/mol. The lowest BCUT2D eigenvalue weighted by Crippen LogP contribution is -2.55. The summed E-state index contributed by atoms with van der Waals surface area (Å²) < 4.78 is 61.7. The van der Waals surface area contributed by atoms with Gasteiger partial charge in [0, 0.05) is 16.1 Å². The van der Waals surface area contributed by atoms with Crippen LogP contribution in [0.2, 0.25) is 5.02 Å². The minimum atomic E-state index is -4.91. The number of carboxylic acid groups (broad SMARTS) is 2. The van der Waals surface area contributed by atoms with E-state index >= 15 is 4.39 Å². The largest absolute Gasteiger partial charge is 0.496 e. The molecule has 192 valence electrons. The third-order valence-electron chi connectivity index (χ3n) is 5.16. The van der Waals surface area contributed by atoms with Gasteiger partial charge >= 0.3 is 24.1 Å². The second-order valence-corrected chi connectivity index (χ2v) is 7.88. The van der Waals surface area contributed by atoms with Crippen LogP contribution >= 0.6 is 11.6 Å². The SMILES string of the molecule is COc1ccc(Cl)cc1[C@]1(F)C(=O)N(NC(=O)N[C@@H](CC(=O)O)C(=O)O)c2cc(C(F)(F)F)ccc21. The molecular weight excluding hydrogens is 518 g/mol. The van der Waals surface area contributed by atoms with Crippen LogP contribution in [0.15, 0.2) is 36.4 Å². The van der Waals surface area contributed by atoms with E-state index in [0.29, 0.717) is 18.2 Å². The molecule has 3 amide bonds. The highest BCUT2D eigenvalue weighted by Gasteiger charge is 2.56. The van der Waals surface area contributed by atoms with Gasteiger partial charge in [0.05, 0.1) is 24.8 Å². The first-order valence-electron chi connectivity index (χ1n) is 9.81. The average molecular weight is 534 g/mol. The maximum atomic E-state index is 16.6. The number of aliphatic carboxylic acids is 2. The molecule has 0 saturated carbocycles. The summed E-state index contributed by atoms with van der Waals surface area (Å²) in [5, 5.41) is 19.8. The number of anilines is 1. The van der Waals surface area contributed by atoms with Crippen molar-refractivity contribution in [2.24, 2.45) is 0 Å². The number of amides is 3. The molecule has 36 heavy (non-hydrogen) atoms. The Labute approximate surface area is 204 Å². The van der Waals surface area contributed by atoms with Crippen molar-refractivity contribution in [2.75, 3.05) is 12.1 Å². The molecule has 4 N–H and O–H groups in total. The second kappa shape index (κ2) is 9.53. The van der Waals surface area contributed by atoms with Crippen LogP contribution in [-0.4, -0.2) is 47.2 Å². The third-order valence-corrected chi connectivity index (χ3v) is 5.40. The highest BCUT2D eigenvalue weighted by molar-refractivity contribution is 6.30. The summed E-state index contributed by atoms with van der Waals surface area (Å²) in [5.41, 5.74) is -4.44. The lowest BCUT2D eigenvalue weighted by atomic mass is 9.88. The van der Waals surface area contributed by atoms with Gasteiger partial charge in [-0.25, -0.2) is 24.4 Å². The number of urea groups is 1. The molecule has 0 spiro atoms. The number of halogens is 5. The van der Waals surface area contributed by atoms with Crippen molar-refractivity contribution in [2.45, 2.75) is 24.3 Å². The zero-order chi connectivity index (χ0) is 27.0. The highest BCUT2D eigenvalue weighted by Crippen LogP contribution is 2.51. The minimum Gasteiger partial charge on any atom is -0.496 e. The van der Waals surface area contributed by atoms with Crippen molar-refractivity contribution >= 4 is 41.2 Å². The summed E-state index contributed by atoms with van der Waals surface area (Å²) in [6, 6.07) is 1.76. The molecule has 0 aliphatic carbocycles. The van der Waals surface area contributed by atoms with Crippen LogP contribution in [-0.2, 0) is 26.2 Å². The van der Waals surface area contributed by atoms with Crippen molar-refractivity contribution < 1.29 is 51.7 Å². The van der Waals surface area contributed by atoms with E-state index in [9.17, 15) is 32.3 Å². The molecule has 0 aromatic heterocycles. The molecule has 0 bridgehead atoms. The van der Waals surface area contributed by atoms with Crippen LogP contribution in [0.4, 0.5) is 28.0 Å². The van der Waals surface area contributed by atoms with Gasteiger partial charge < -0.3 is 20.3 Å². The summed E-state index contributed by atoms with van der Waals surface area (Å²) in [6.07, 6.45) is -5.96. The van der Waals surface area contributed by atoms with E-state index in [2.05, 4.69) is 0 Å². The second-order valence-electron chi connectivity index (χ2n) is 7.45. The molecule has 2 aromatic rings. The molecule has 2 atom stereocenters. The van der Waals surface area contributed by atoms with Gasteiger partial charge in [0.1, 0.15) is 11.8 Å². The van der Waals surface area contributed by atoms with E-state index in [1.807, 2.05) is 0 Å². The topological polar surface area (TPSA) is 145 Å². The number of rotatable bonds is 7. The summed E-state index contributed by atoms with van der Waals surface area (Å²) in [5.74, 6) is -5.09. The Morgan fingerprint density at radius 3 is 2.36 bits per heavy atom. The summed E-state index contributed by atoms with van der Waals surface area (Å²) in [4.78, 5) is 47.7. The number of fused-ring (bicyclic) bond motifs is 1. The van der Waals surface area contributed by atoms with Crippen molar-refractivity contribution in [1.82, 2.24) is 10.7 Å². The molecule has 1 aliphatic rings. The predicted octanol–water partition coefficient (Wildman–Crippen LogP) is 3.07. The molecule has 1 heterocycles. The number of nitrogens with one attached hydrogen (secondary N) is 2. The Balaban J connectivity index is 2.11. The maximum absolute atomic E-state index is 16.6. The Kier molecular flexibility index (Phi) is 7.02. The van der Waals surface area contributed by atoms with Gasteiger partial charge in [-0.05, 0) is 30.3 Å². The Hall–Kier alpha value is -4.07. The number of benzene rings is 2. The molecule has 0 unspecified atom stereocenters. The number of methoxy groups -OCH3 is 1. The normalized spacial score (nSPS) is 17.8. The van der Waals surface area contributed by atoms with Crippen molar-refractivity contribution in [3.8, 4) is 5.75 Å². The Morgan fingerprint density at radius 1 is 1.14 bits per heavy atom. The van der Waals surface area contributed by atoms with Crippen LogP contribution in [0.3, 0.4) is 0 Å². The van der Waals surface area contributed by atoms with E-state index < -0.39 is 70.6 Å². The molecule has 1 aliphatic heterocycles. The third kappa shape index (κ3) is 4.84. The van der Waals surface area contributed by atoms with Crippen molar-refractivity contribution in [1.29, 1.82) is 0 Å². The first-order chi connectivity index (χ1) is 16.7. The molecule has 2 aromatic carbocycles. The number of hydrogen-bond donors (Lipinski definition) is 4. The monoisotopic (exact) mass is 533 g/mol. The molecule has 0 radical (unpaired) electrons. The summed E-state index contributed by atoms with van der Waals surface area (Å²) in [7, 11) is 1.15. The number of hydrogen-bond acceptors (Lipinski definition) is 5. The zero-order valence-corrected chi connectivity index (χ0v) is 18.8. The number of alkyl halides is 4. The Bertz CT molecular complexity index is 1260. The van der Waals surface area contributed by atoms with Crippen molar-refractivity contribution in [3.05, 3.63) is 58.1 Å². The zero-order valence-electron chi connectivity index (χ0n) is 18.0. The summed E-state index contributed by atoms with van der Waals surface area (Å²) in [6.45, 7) is 0. The smallest absolute Gasteiger partial charge is 0.416 e. The summed E-state index contributed by atoms with van der Waals surface area (Å²) >= 11 is 5.94. The number of carbonyl (C=O) groups excluding carboxylic acids is 2. The van der Waals surface area contributed by atoms with E-state index in [0.717, 1.165) is 13.2 Å². The fraction of sp³-hybridized carbons (Fsp3) is 0.238. The molecule has 15 heteroatoms. The van der Waals surface area contributed by atoms with Crippen LogP contribution in [0.1, 0.15) is 23.1 Å². The maximum Gasteiger partial charge on any atom is 0.416 e. The molecule has 0 saturated heterocycles. The lowest BCUT2D eigenvalue weighted by Gasteiger charge is -2.24. The van der Waals surface area contributed by atoms with Gasteiger partial charge in [0.2, 0.25) is 5.67 Å². The van der Waals surface area contributed by atoms with E-state index in [4.69, 9.17) is 26.6 Å². The molecule has 3 rings (SSSR count). The minimum absolute atomic E-state index is 0.0359. The number of carboxylic acids is 2. The average Bonchev–Trinajstić information content (AvgIpc) is 2.99. The van der Waals surface area contributed by atoms with Gasteiger partial charge in [-0.15, -0.1) is 0 Å². The number of hydrazine groups is 1. The van der Waals surface area contributed by atoms with Crippen LogP contribution in [0.5, 0.6) is 5.75 Å². The molecular formula is C21H16ClF4N3O7. The lowest BCUT2D eigenvalue weighted by molar-refractivity contribution is -0.145. The molecule has 0 fully saturated rings. The quantitative estimate of drug-likeness (QED) is 0.400. The van der Waals surface area contributed by atoms with Gasteiger partial charge in [-0.2, -0.15) is 13.2 Å². The number of carbonyl (C=O) groups is 4. The standard InChI is InChI=1S/C21H16ClF4N3O7/c1-36-15-5-3-10(22)7-12(15)20(23)11-4-2-9(21(24,25)26)6-14(11)29(18(20)34)28-19(35)27-13(17(32)33)8-16(30)31/h2-7,13H,8H2,1H3,(H,30,31)(H,32,33)(H2,27,28,35)/t13-,20-/m0/s1. The van der Waals surface area contributed by atoms with Crippen LogP contribution in [0.25, 0.3) is 0 Å². The van der Waals surface area contributed by atoms with E-state index in [-0.39, 0.29) is 15.8 Å². The van der Waals surface area contributed by atoms with Crippen LogP contribution < -0.4 is 20.5 Å². The van der Waals surface area contributed by atoms with Gasteiger partial charge in [-0.3, -0.25) is 9.59 Å². The van der Waals surface area contributed by atoms with E-state index in [1.54, 1.807) is 10.7 Å². The number of ether oxygens (including phenoxy) is 1. The van der Waals surface area contributed by atoms with Gasteiger partial charge in [0.15, 0.2) is 0 Å². The van der Waals surface area contributed by atoms with Crippen molar-refractivity contribution in [3.63, 3.8) is 0 Å².